The van der Waals surface area contributed by atoms with Crippen molar-refractivity contribution in [1.82, 2.24) is 9.97 Å². The molecule has 1 aromatic carbocycles. The summed E-state index contributed by atoms with van der Waals surface area (Å²) in [7, 11) is 1.89. The Morgan fingerprint density at radius 2 is 2.11 bits per heavy atom. The first-order valence-electron chi connectivity index (χ1n) is 6.06. The molecule has 100 valence electrons. The molecular weight excluding hydrogens is 250 g/mol. The van der Waals surface area contributed by atoms with Crippen molar-refractivity contribution in [3.05, 3.63) is 24.2 Å². The van der Waals surface area contributed by atoms with Crippen LogP contribution in [0.15, 0.2) is 18.3 Å². The van der Waals surface area contributed by atoms with Gasteiger partial charge in [0.25, 0.3) is 6.43 Å². The minimum Gasteiger partial charge on any atom is -0.355 e. The summed E-state index contributed by atoms with van der Waals surface area (Å²) in [6, 6.07) is 3.82. The van der Waals surface area contributed by atoms with E-state index in [9.17, 15) is 8.78 Å². The quantitative estimate of drug-likeness (QED) is 0.834. The fourth-order valence-corrected chi connectivity index (χ4v) is 2.44. The molecule has 0 radical (unpaired) electrons. The van der Waals surface area contributed by atoms with E-state index in [1.807, 2.05) is 31.0 Å². The fraction of sp³-hybridized carbons (Fsp3) is 0.385. The summed E-state index contributed by atoms with van der Waals surface area (Å²) in [5.74, 6) is 0.706. The maximum atomic E-state index is 12.6. The van der Waals surface area contributed by atoms with Crippen LogP contribution in [0.5, 0.6) is 0 Å². The Labute approximate surface area is 109 Å². The molecule has 6 heteroatoms. The molecule has 0 unspecified atom stereocenters. The highest BCUT2D eigenvalue weighted by molar-refractivity contribution is 5.91. The maximum absolute atomic E-state index is 12.6. The van der Waals surface area contributed by atoms with Crippen LogP contribution in [0.4, 0.5) is 20.2 Å². The normalized spacial score (nSPS) is 14.6. The summed E-state index contributed by atoms with van der Waals surface area (Å²) >= 11 is 0. The predicted octanol–water partition coefficient (Wildman–Crippen LogP) is 2.42. The molecule has 19 heavy (non-hydrogen) atoms. The van der Waals surface area contributed by atoms with Gasteiger partial charge in [0.2, 0.25) is 0 Å². The zero-order valence-corrected chi connectivity index (χ0v) is 10.8. The van der Waals surface area contributed by atoms with Gasteiger partial charge >= 0.3 is 0 Å². The van der Waals surface area contributed by atoms with Crippen molar-refractivity contribution >= 4 is 22.3 Å². The first-order valence-corrected chi connectivity index (χ1v) is 6.06. The van der Waals surface area contributed by atoms with Crippen molar-refractivity contribution in [2.75, 3.05) is 30.1 Å². The SMILES string of the molecule is Cc1ncc2cc3c(cc2n1)N(C)CN3CC(F)F. The fourth-order valence-electron chi connectivity index (χ4n) is 2.44. The van der Waals surface area contributed by atoms with Crippen molar-refractivity contribution < 1.29 is 8.78 Å². The molecule has 2 aromatic rings. The van der Waals surface area contributed by atoms with E-state index in [1.165, 1.54) is 0 Å². The maximum Gasteiger partial charge on any atom is 0.255 e. The van der Waals surface area contributed by atoms with Crippen LogP contribution in [0.3, 0.4) is 0 Å². The van der Waals surface area contributed by atoms with Gasteiger partial charge < -0.3 is 9.80 Å². The second kappa shape index (κ2) is 4.29. The highest BCUT2D eigenvalue weighted by Gasteiger charge is 2.26. The van der Waals surface area contributed by atoms with Gasteiger partial charge in [0, 0.05) is 18.6 Å². The third-order valence-corrected chi connectivity index (χ3v) is 3.29. The number of anilines is 2. The van der Waals surface area contributed by atoms with Gasteiger partial charge in [-0.3, -0.25) is 0 Å². The van der Waals surface area contributed by atoms with Gasteiger partial charge in [0.1, 0.15) is 5.82 Å². The van der Waals surface area contributed by atoms with Crippen LogP contribution < -0.4 is 9.80 Å². The van der Waals surface area contributed by atoms with Gasteiger partial charge in [-0.15, -0.1) is 0 Å². The van der Waals surface area contributed by atoms with E-state index in [4.69, 9.17) is 0 Å². The van der Waals surface area contributed by atoms with Crippen molar-refractivity contribution in [3.8, 4) is 0 Å². The Morgan fingerprint density at radius 1 is 1.32 bits per heavy atom. The zero-order valence-electron chi connectivity index (χ0n) is 10.8. The Morgan fingerprint density at radius 3 is 2.84 bits per heavy atom. The first-order chi connectivity index (χ1) is 9.04. The van der Waals surface area contributed by atoms with Crippen molar-refractivity contribution in [2.24, 2.45) is 0 Å². The molecule has 4 nitrogen and oxygen atoms in total. The Bertz CT molecular complexity index is 629. The average Bonchev–Trinajstić information content (AvgIpc) is 2.63. The van der Waals surface area contributed by atoms with Crippen LogP contribution in [0.2, 0.25) is 0 Å². The van der Waals surface area contributed by atoms with Crippen molar-refractivity contribution in [3.63, 3.8) is 0 Å². The molecule has 0 atom stereocenters. The lowest BCUT2D eigenvalue weighted by molar-refractivity contribution is 0.155. The van der Waals surface area contributed by atoms with Crippen LogP contribution in [0.1, 0.15) is 5.82 Å². The molecule has 2 heterocycles. The van der Waals surface area contributed by atoms with Crippen LogP contribution >= 0.6 is 0 Å². The molecule has 0 aliphatic carbocycles. The van der Waals surface area contributed by atoms with Gasteiger partial charge in [-0.25, -0.2) is 18.7 Å². The number of hydrogen-bond acceptors (Lipinski definition) is 4. The zero-order chi connectivity index (χ0) is 13.6. The van der Waals surface area contributed by atoms with Gasteiger partial charge in [0.15, 0.2) is 0 Å². The summed E-state index contributed by atoms with van der Waals surface area (Å²) in [5.41, 5.74) is 2.60. The lowest BCUT2D eigenvalue weighted by Crippen LogP contribution is -2.31. The third-order valence-electron chi connectivity index (χ3n) is 3.29. The van der Waals surface area contributed by atoms with E-state index in [2.05, 4.69) is 9.97 Å². The van der Waals surface area contributed by atoms with E-state index in [0.717, 1.165) is 22.3 Å². The molecule has 1 aromatic heterocycles. The van der Waals surface area contributed by atoms with Crippen LogP contribution in [-0.4, -0.2) is 36.7 Å². The van der Waals surface area contributed by atoms with Crippen molar-refractivity contribution in [2.45, 2.75) is 13.3 Å². The number of hydrogen-bond donors (Lipinski definition) is 0. The van der Waals surface area contributed by atoms with Crippen LogP contribution in [0, 0.1) is 6.92 Å². The van der Waals surface area contributed by atoms with Gasteiger partial charge in [0.05, 0.1) is 30.1 Å². The molecule has 0 bridgehead atoms. The lowest BCUT2D eigenvalue weighted by Gasteiger charge is -2.18. The molecule has 0 fully saturated rings. The number of fused-ring (bicyclic) bond motifs is 2. The second-order valence-corrected chi connectivity index (χ2v) is 4.77. The molecule has 0 N–H and O–H groups in total. The van der Waals surface area contributed by atoms with Gasteiger partial charge in [-0.05, 0) is 19.1 Å². The number of halogens is 2. The monoisotopic (exact) mass is 264 g/mol. The molecular formula is C13H14F2N4. The number of rotatable bonds is 2. The van der Waals surface area contributed by atoms with E-state index in [-0.39, 0.29) is 6.54 Å². The Hall–Kier alpha value is -1.98. The summed E-state index contributed by atoms with van der Waals surface area (Å²) in [6.45, 7) is 2.05. The number of benzene rings is 1. The topological polar surface area (TPSA) is 32.3 Å². The summed E-state index contributed by atoms with van der Waals surface area (Å²) < 4.78 is 25.2. The second-order valence-electron chi connectivity index (χ2n) is 4.77. The Balaban J connectivity index is 2.11. The molecule has 0 spiro atoms. The minimum atomic E-state index is -2.34. The summed E-state index contributed by atoms with van der Waals surface area (Å²) in [5, 5.41) is 0.874. The third kappa shape index (κ3) is 2.07. The van der Waals surface area contributed by atoms with E-state index in [1.54, 1.807) is 11.1 Å². The molecule has 0 saturated carbocycles. The summed E-state index contributed by atoms with van der Waals surface area (Å²) in [6.07, 6.45) is -0.610. The highest BCUT2D eigenvalue weighted by Crippen LogP contribution is 2.37. The van der Waals surface area contributed by atoms with E-state index in [0.29, 0.717) is 12.5 Å². The van der Waals surface area contributed by atoms with Gasteiger partial charge in [-0.2, -0.15) is 0 Å². The number of nitrogens with zero attached hydrogens (tertiary/aromatic N) is 4. The van der Waals surface area contributed by atoms with Crippen LogP contribution in [-0.2, 0) is 0 Å². The molecule has 1 aliphatic heterocycles. The highest BCUT2D eigenvalue weighted by atomic mass is 19.3. The largest absolute Gasteiger partial charge is 0.355 e. The van der Waals surface area contributed by atoms with E-state index < -0.39 is 6.43 Å². The summed E-state index contributed by atoms with van der Waals surface area (Å²) in [4.78, 5) is 12.1. The molecule has 1 aliphatic rings. The van der Waals surface area contributed by atoms with Crippen LogP contribution in [0.25, 0.3) is 10.9 Å². The molecule has 0 amide bonds. The van der Waals surface area contributed by atoms with Gasteiger partial charge in [-0.1, -0.05) is 0 Å². The molecule has 0 saturated heterocycles. The van der Waals surface area contributed by atoms with Crippen molar-refractivity contribution in [1.29, 1.82) is 0 Å². The number of aryl methyl sites for hydroxylation is 1. The standard InChI is InChI=1S/C13H14F2N4/c1-8-16-5-9-3-12-11(4-10(9)17-8)18(2)7-19(12)6-13(14)15/h3-5,13H,6-7H2,1-2H3. The molecule has 3 rings (SSSR count). The Kier molecular flexibility index (Phi) is 2.73. The van der Waals surface area contributed by atoms with E-state index >= 15 is 0 Å². The lowest BCUT2D eigenvalue weighted by atomic mass is 10.2. The number of alkyl halides is 2. The predicted molar refractivity (Wildman–Crippen MR) is 70.9 cm³/mol. The number of aromatic nitrogens is 2. The minimum absolute atomic E-state index is 0.254. The first kappa shape index (κ1) is 12.1. The smallest absolute Gasteiger partial charge is 0.255 e. The average molecular weight is 264 g/mol.